The summed E-state index contributed by atoms with van der Waals surface area (Å²) in [5.41, 5.74) is 0.399. The van der Waals surface area contributed by atoms with E-state index in [1.165, 1.54) is 0 Å². The van der Waals surface area contributed by atoms with Gasteiger partial charge in [0.1, 0.15) is 0 Å². The Balaban J connectivity index is 1.87. The molecule has 0 aromatic heterocycles. The van der Waals surface area contributed by atoms with Crippen molar-refractivity contribution in [3.63, 3.8) is 0 Å². The first-order chi connectivity index (χ1) is 12.0. The normalized spacial score (nSPS) is 15.5. The minimum absolute atomic E-state index is 0.187. The molecule has 0 radical (unpaired) electrons. The van der Waals surface area contributed by atoms with Gasteiger partial charge in [-0.05, 0) is 31.5 Å². The van der Waals surface area contributed by atoms with Gasteiger partial charge in [0.05, 0.1) is 33.0 Å². The van der Waals surface area contributed by atoms with Crippen molar-refractivity contribution < 1.29 is 19.0 Å². The number of ether oxygens (including phenoxy) is 3. The van der Waals surface area contributed by atoms with E-state index >= 15 is 0 Å². The van der Waals surface area contributed by atoms with E-state index in [-0.39, 0.29) is 6.03 Å². The topological polar surface area (TPSA) is 72.1 Å². The number of carbonyl (C=O) groups is 1. The van der Waals surface area contributed by atoms with Crippen LogP contribution in [0.3, 0.4) is 0 Å². The van der Waals surface area contributed by atoms with Crippen LogP contribution in [0.5, 0.6) is 11.5 Å². The lowest BCUT2D eigenvalue weighted by atomic mass is 9.94. The molecule has 1 aliphatic heterocycles. The highest BCUT2D eigenvalue weighted by Crippen LogP contribution is 2.31. The van der Waals surface area contributed by atoms with Crippen molar-refractivity contribution in [2.24, 2.45) is 0 Å². The van der Waals surface area contributed by atoms with E-state index in [9.17, 15) is 4.79 Å². The molecule has 7 nitrogen and oxygen atoms in total. The zero-order chi connectivity index (χ0) is 18.3. The van der Waals surface area contributed by atoms with Crippen LogP contribution in [0, 0.1) is 0 Å². The quantitative estimate of drug-likeness (QED) is 0.780. The Bertz CT molecular complexity index is 571. The SMILES string of the molecule is COc1ccc(C(C)(C)NC(=O)NCCN2CCOCC2)cc1OC. The summed E-state index contributed by atoms with van der Waals surface area (Å²) in [7, 11) is 3.20. The summed E-state index contributed by atoms with van der Waals surface area (Å²) >= 11 is 0. The van der Waals surface area contributed by atoms with Crippen molar-refractivity contribution >= 4 is 6.03 Å². The summed E-state index contributed by atoms with van der Waals surface area (Å²) in [6.07, 6.45) is 0. The molecule has 1 aliphatic rings. The predicted molar refractivity (Wildman–Crippen MR) is 96.4 cm³/mol. The Morgan fingerprint density at radius 2 is 1.88 bits per heavy atom. The number of nitrogens with zero attached hydrogens (tertiary/aromatic N) is 1. The number of hydrogen-bond acceptors (Lipinski definition) is 5. The van der Waals surface area contributed by atoms with Gasteiger partial charge in [-0.15, -0.1) is 0 Å². The van der Waals surface area contributed by atoms with Crippen molar-refractivity contribution in [1.82, 2.24) is 15.5 Å². The Labute approximate surface area is 149 Å². The third-order valence-corrected chi connectivity index (χ3v) is 4.35. The molecule has 0 bridgehead atoms. The molecule has 140 valence electrons. The summed E-state index contributed by atoms with van der Waals surface area (Å²) in [6.45, 7) is 8.70. The highest BCUT2D eigenvalue weighted by atomic mass is 16.5. The highest BCUT2D eigenvalue weighted by Gasteiger charge is 2.24. The van der Waals surface area contributed by atoms with Crippen molar-refractivity contribution in [2.45, 2.75) is 19.4 Å². The van der Waals surface area contributed by atoms with Gasteiger partial charge in [0.15, 0.2) is 11.5 Å². The molecule has 25 heavy (non-hydrogen) atoms. The Morgan fingerprint density at radius 3 is 2.52 bits per heavy atom. The maximum absolute atomic E-state index is 12.2. The van der Waals surface area contributed by atoms with Crippen LogP contribution in [-0.2, 0) is 10.3 Å². The summed E-state index contributed by atoms with van der Waals surface area (Å²) in [4.78, 5) is 14.5. The number of hydrogen-bond donors (Lipinski definition) is 2. The van der Waals surface area contributed by atoms with Crippen LogP contribution in [0.4, 0.5) is 4.79 Å². The van der Waals surface area contributed by atoms with Crippen molar-refractivity contribution in [1.29, 1.82) is 0 Å². The second-order valence-corrected chi connectivity index (χ2v) is 6.53. The number of nitrogens with one attached hydrogen (secondary N) is 2. The summed E-state index contributed by atoms with van der Waals surface area (Å²) in [5, 5.41) is 5.93. The number of urea groups is 1. The summed E-state index contributed by atoms with van der Waals surface area (Å²) in [5.74, 6) is 1.31. The van der Waals surface area contributed by atoms with E-state index in [2.05, 4.69) is 15.5 Å². The van der Waals surface area contributed by atoms with Crippen LogP contribution in [0.25, 0.3) is 0 Å². The summed E-state index contributed by atoms with van der Waals surface area (Å²) in [6, 6.07) is 5.46. The van der Waals surface area contributed by atoms with E-state index < -0.39 is 5.54 Å². The van der Waals surface area contributed by atoms with Gasteiger partial charge in [0.25, 0.3) is 0 Å². The van der Waals surface area contributed by atoms with Crippen LogP contribution in [0.15, 0.2) is 18.2 Å². The van der Waals surface area contributed by atoms with E-state index in [0.29, 0.717) is 18.0 Å². The molecule has 0 spiro atoms. The molecule has 0 unspecified atom stereocenters. The van der Waals surface area contributed by atoms with Crippen molar-refractivity contribution in [3.8, 4) is 11.5 Å². The number of methoxy groups -OCH3 is 2. The molecule has 2 amide bonds. The average Bonchev–Trinajstić information content (AvgIpc) is 2.61. The third kappa shape index (κ3) is 5.51. The lowest BCUT2D eigenvalue weighted by molar-refractivity contribution is 0.0387. The van der Waals surface area contributed by atoms with Crippen LogP contribution in [0.2, 0.25) is 0 Å². The fourth-order valence-electron chi connectivity index (χ4n) is 2.78. The Kier molecular flexibility index (Phi) is 6.90. The zero-order valence-electron chi connectivity index (χ0n) is 15.6. The molecule has 0 saturated carbocycles. The molecule has 1 aromatic carbocycles. The molecule has 1 heterocycles. The molecule has 1 fully saturated rings. The Hall–Kier alpha value is -1.99. The van der Waals surface area contributed by atoms with Crippen LogP contribution < -0.4 is 20.1 Å². The van der Waals surface area contributed by atoms with Gasteiger partial charge in [-0.25, -0.2) is 4.79 Å². The molecule has 1 saturated heterocycles. The lowest BCUT2D eigenvalue weighted by Crippen LogP contribution is -2.48. The summed E-state index contributed by atoms with van der Waals surface area (Å²) < 4.78 is 15.9. The first-order valence-electron chi connectivity index (χ1n) is 8.55. The molecule has 7 heteroatoms. The molecule has 1 aromatic rings. The largest absolute Gasteiger partial charge is 0.493 e. The van der Waals surface area contributed by atoms with Gasteiger partial charge in [0.2, 0.25) is 0 Å². The van der Waals surface area contributed by atoms with Crippen LogP contribution in [-0.4, -0.2) is 64.5 Å². The van der Waals surface area contributed by atoms with Crippen molar-refractivity contribution in [3.05, 3.63) is 23.8 Å². The first kappa shape index (κ1) is 19.3. The van der Waals surface area contributed by atoms with E-state index in [4.69, 9.17) is 14.2 Å². The van der Waals surface area contributed by atoms with Gasteiger partial charge < -0.3 is 24.8 Å². The third-order valence-electron chi connectivity index (χ3n) is 4.35. The molecule has 2 N–H and O–H groups in total. The second-order valence-electron chi connectivity index (χ2n) is 6.53. The fraction of sp³-hybridized carbons (Fsp3) is 0.611. The molecule has 0 aliphatic carbocycles. The number of rotatable bonds is 7. The number of benzene rings is 1. The maximum Gasteiger partial charge on any atom is 0.315 e. The van der Waals surface area contributed by atoms with Crippen LogP contribution >= 0.6 is 0 Å². The first-order valence-corrected chi connectivity index (χ1v) is 8.55. The van der Waals surface area contributed by atoms with E-state index in [1.807, 2.05) is 32.0 Å². The van der Waals surface area contributed by atoms with E-state index in [1.54, 1.807) is 14.2 Å². The maximum atomic E-state index is 12.2. The Morgan fingerprint density at radius 1 is 1.20 bits per heavy atom. The minimum Gasteiger partial charge on any atom is -0.493 e. The molecule has 2 rings (SSSR count). The molecule has 0 atom stereocenters. The number of carbonyl (C=O) groups excluding carboxylic acids is 1. The van der Waals surface area contributed by atoms with Crippen LogP contribution in [0.1, 0.15) is 19.4 Å². The standard InChI is InChI=1S/C18H29N3O4/c1-18(2,14-5-6-15(23-3)16(13-14)24-4)20-17(22)19-7-8-21-9-11-25-12-10-21/h5-6,13H,7-12H2,1-4H3,(H2,19,20,22). The monoisotopic (exact) mass is 351 g/mol. The lowest BCUT2D eigenvalue weighted by Gasteiger charge is -2.29. The number of amides is 2. The average molecular weight is 351 g/mol. The van der Waals surface area contributed by atoms with Gasteiger partial charge in [0, 0.05) is 26.2 Å². The van der Waals surface area contributed by atoms with Gasteiger partial charge in [-0.1, -0.05) is 6.07 Å². The minimum atomic E-state index is -0.539. The molecular weight excluding hydrogens is 322 g/mol. The second kappa shape index (κ2) is 8.92. The van der Waals surface area contributed by atoms with Gasteiger partial charge in [-0.2, -0.15) is 0 Å². The molecular formula is C18H29N3O4. The predicted octanol–water partition coefficient (Wildman–Crippen LogP) is 1.57. The van der Waals surface area contributed by atoms with Gasteiger partial charge in [-0.3, -0.25) is 4.90 Å². The van der Waals surface area contributed by atoms with Crippen molar-refractivity contribution in [2.75, 3.05) is 53.6 Å². The fourth-order valence-corrected chi connectivity index (χ4v) is 2.78. The highest BCUT2D eigenvalue weighted by molar-refractivity contribution is 5.75. The van der Waals surface area contributed by atoms with E-state index in [0.717, 1.165) is 38.4 Å². The van der Waals surface area contributed by atoms with Gasteiger partial charge >= 0.3 is 6.03 Å². The zero-order valence-corrected chi connectivity index (χ0v) is 15.6. The number of morpholine rings is 1. The smallest absolute Gasteiger partial charge is 0.315 e.